The molecule has 0 aliphatic rings. The van der Waals surface area contributed by atoms with Crippen LogP contribution in [0.1, 0.15) is 24.2 Å². The summed E-state index contributed by atoms with van der Waals surface area (Å²) in [5, 5.41) is 2.73. The van der Waals surface area contributed by atoms with Crippen molar-refractivity contribution in [3.63, 3.8) is 0 Å². The van der Waals surface area contributed by atoms with Crippen molar-refractivity contribution in [1.82, 2.24) is 4.90 Å². The lowest BCUT2D eigenvalue weighted by atomic mass is 10.0. The van der Waals surface area contributed by atoms with Crippen molar-refractivity contribution >= 4 is 29.9 Å². The van der Waals surface area contributed by atoms with E-state index in [1.54, 1.807) is 38.4 Å². The Bertz CT molecular complexity index is 458. The molecule has 5 nitrogen and oxygen atoms in total. The van der Waals surface area contributed by atoms with Gasteiger partial charge in [-0.3, -0.25) is 9.59 Å². The van der Waals surface area contributed by atoms with Crippen LogP contribution in [0.2, 0.25) is 0 Å². The number of rotatable bonds is 4. The third-order valence-electron chi connectivity index (χ3n) is 2.83. The Balaban J connectivity index is 0.00000361. The molecule has 0 unspecified atom stereocenters. The molecule has 0 bridgehead atoms. The molecule has 0 saturated carbocycles. The number of amides is 2. The molecule has 2 amide bonds. The van der Waals surface area contributed by atoms with E-state index in [2.05, 4.69) is 5.32 Å². The van der Waals surface area contributed by atoms with Crippen LogP contribution in [0.3, 0.4) is 0 Å². The van der Waals surface area contributed by atoms with Crippen molar-refractivity contribution in [3.8, 4) is 0 Å². The van der Waals surface area contributed by atoms with Crippen LogP contribution in [0.5, 0.6) is 0 Å². The minimum atomic E-state index is -0.539. The molecule has 6 heteroatoms. The molecule has 0 aliphatic heterocycles. The van der Waals surface area contributed by atoms with Gasteiger partial charge in [0.1, 0.15) is 0 Å². The highest BCUT2D eigenvalue weighted by Crippen LogP contribution is 2.12. The third-order valence-corrected chi connectivity index (χ3v) is 2.83. The first kappa shape index (κ1) is 18.4. The molecule has 0 spiro atoms. The van der Waals surface area contributed by atoms with Gasteiger partial charge in [0.05, 0.1) is 6.04 Å². The fourth-order valence-electron chi connectivity index (χ4n) is 1.48. The van der Waals surface area contributed by atoms with Gasteiger partial charge >= 0.3 is 0 Å². The Hall–Kier alpha value is -1.59. The molecule has 112 valence electrons. The Morgan fingerprint density at radius 2 is 1.65 bits per heavy atom. The van der Waals surface area contributed by atoms with Gasteiger partial charge in [-0.25, -0.2) is 0 Å². The molecule has 0 saturated heterocycles. The maximum Gasteiger partial charge on any atom is 0.253 e. The van der Waals surface area contributed by atoms with Crippen molar-refractivity contribution in [2.24, 2.45) is 11.7 Å². The maximum absolute atomic E-state index is 11.8. The van der Waals surface area contributed by atoms with Gasteiger partial charge in [0.25, 0.3) is 5.91 Å². The lowest BCUT2D eigenvalue weighted by Gasteiger charge is -2.15. The second-order valence-corrected chi connectivity index (χ2v) is 5.04. The Kier molecular flexibility index (Phi) is 7.24. The van der Waals surface area contributed by atoms with Crippen LogP contribution in [0.25, 0.3) is 0 Å². The number of hydrogen-bond donors (Lipinski definition) is 2. The highest BCUT2D eigenvalue weighted by Gasteiger charge is 2.17. The highest BCUT2D eigenvalue weighted by atomic mass is 35.5. The molecule has 3 N–H and O–H groups in total. The van der Waals surface area contributed by atoms with Gasteiger partial charge in [-0.1, -0.05) is 13.8 Å². The minimum Gasteiger partial charge on any atom is -0.345 e. The molecule has 20 heavy (non-hydrogen) atoms. The smallest absolute Gasteiger partial charge is 0.253 e. The summed E-state index contributed by atoms with van der Waals surface area (Å²) in [7, 11) is 3.39. The summed E-state index contributed by atoms with van der Waals surface area (Å²) >= 11 is 0. The van der Waals surface area contributed by atoms with Crippen LogP contribution in [0, 0.1) is 5.92 Å². The number of anilines is 1. The Labute approximate surface area is 125 Å². The normalized spacial score (nSPS) is 11.5. The summed E-state index contributed by atoms with van der Waals surface area (Å²) in [5.41, 5.74) is 6.97. The van der Waals surface area contributed by atoms with Crippen molar-refractivity contribution in [3.05, 3.63) is 29.8 Å². The van der Waals surface area contributed by atoms with Crippen LogP contribution in [0.15, 0.2) is 24.3 Å². The van der Waals surface area contributed by atoms with Crippen molar-refractivity contribution in [2.45, 2.75) is 19.9 Å². The zero-order valence-corrected chi connectivity index (χ0v) is 13.0. The number of nitrogens with one attached hydrogen (secondary N) is 1. The fourth-order valence-corrected chi connectivity index (χ4v) is 1.48. The van der Waals surface area contributed by atoms with Gasteiger partial charge in [-0.2, -0.15) is 0 Å². The van der Waals surface area contributed by atoms with Crippen LogP contribution in [-0.4, -0.2) is 36.9 Å². The first-order valence-corrected chi connectivity index (χ1v) is 6.21. The Morgan fingerprint density at radius 1 is 1.15 bits per heavy atom. The van der Waals surface area contributed by atoms with E-state index in [1.165, 1.54) is 4.90 Å². The predicted molar refractivity (Wildman–Crippen MR) is 83.2 cm³/mol. The molecule has 0 aromatic heterocycles. The van der Waals surface area contributed by atoms with Gasteiger partial charge in [0.15, 0.2) is 0 Å². The first-order chi connectivity index (χ1) is 8.82. The summed E-state index contributed by atoms with van der Waals surface area (Å²) in [6.45, 7) is 3.78. The van der Waals surface area contributed by atoms with Crippen LogP contribution < -0.4 is 11.1 Å². The highest BCUT2D eigenvalue weighted by molar-refractivity contribution is 5.97. The Morgan fingerprint density at radius 3 is 2.05 bits per heavy atom. The SMILES string of the molecule is CC(C)[C@H](N)C(=O)Nc1ccc(C(=O)N(C)C)cc1.Cl. The van der Waals surface area contributed by atoms with Crippen molar-refractivity contribution in [2.75, 3.05) is 19.4 Å². The van der Waals surface area contributed by atoms with Crippen LogP contribution in [-0.2, 0) is 4.79 Å². The molecule has 1 aromatic carbocycles. The van der Waals surface area contributed by atoms with E-state index < -0.39 is 6.04 Å². The quantitative estimate of drug-likeness (QED) is 0.889. The number of nitrogens with zero attached hydrogens (tertiary/aromatic N) is 1. The summed E-state index contributed by atoms with van der Waals surface area (Å²) < 4.78 is 0. The fraction of sp³-hybridized carbons (Fsp3) is 0.429. The molecule has 1 rings (SSSR count). The van der Waals surface area contributed by atoms with Crippen molar-refractivity contribution in [1.29, 1.82) is 0 Å². The van der Waals surface area contributed by atoms with Crippen LogP contribution >= 0.6 is 12.4 Å². The minimum absolute atomic E-state index is 0. The lowest BCUT2D eigenvalue weighted by Crippen LogP contribution is -2.39. The molecule has 0 fully saturated rings. The van der Waals surface area contributed by atoms with E-state index in [4.69, 9.17) is 5.73 Å². The molecule has 1 atom stereocenters. The monoisotopic (exact) mass is 299 g/mol. The number of hydrogen-bond acceptors (Lipinski definition) is 3. The number of benzene rings is 1. The van der Waals surface area contributed by atoms with Gasteiger partial charge < -0.3 is 16.0 Å². The average Bonchev–Trinajstić information content (AvgIpc) is 2.37. The summed E-state index contributed by atoms with van der Waals surface area (Å²) in [6, 6.07) is 6.21. The molecule has 0 radical (unpaired) electrons. The van der Waals surface area contributed by atoms with E-state index in [-0.39, 0.29) is 30.1 Å². The third kappa shape index (κ3) is 4.83. The van der Waals surface area contributed by atoms with Crippen LogP contribution in [0.4, 0.5) is 5.69 Å². The van der Waals surface area contributed by atoms with E-state index in [0.29, 0.717) is 11.3 Å². The summed E-state index contributed by atoms with van der Waals surface area (Å²) in [4.78, 5) is 25.0. The maximum atomic E-state index is 11.8. The van der Waals surface area contributed by atoms with Gasteiger partial charge in [-0.15, -0.1) is 12.4 Å². The predicted octanol–water partition coefficient (Wildman–Crippen LogP) is 1.73. The second kappa shape index (κ2) is 7.87. The number of carbonyl (C=O) groups excluding carboxylic acids is 2. The largest absolute Gasteiger partial charge is 0.345 e. The van der Waals surface area contributed by atoms with Crippen molar-refractivity contribution < 1.29 is 9.59 Å². The van der Waals surface area contributed by atoms with E-state index in [9.17, 15) is 9.59 Å². The molecule has 1 aromatic rings. The van der Waals surface area contributed by atoms with Gasteiger partial charge in [-0.05, 0) is 30.2 Å². The molecular weight excluding hydrogens is 278 g/mol. The molecule has 0 heterocycles. The number of carbonyl (C=O) groups is 2. The second-order valence-electron chi connectivity index (χ2n) is 5.04. The van der Waals surface area contributed by atoms with E-state index in [1.807, 2.05) is 13.8 Å². The average molecular weight is 300 g/mol. The zero-order chi connectivity index (χ0) is 14.6. The molecular formula is C14H22ClN3O2. The summed E-state index contributed by atoms with van der Waals surface area (Å²) in [5.74, 6) is -0.215. The molecule has 0 aliphatic carbocycles. The van der Waals surface area contributed by atoms with Gasteiger partial charge in [0.2, 0.25) is 5.91 Å². The summed E-state index contributed by atoms with van der Waals surface area (Å²) in [6.07, 6.45) is 0. The lowest BCUT2D eigenvalue weighted by molar-refractivity contribution is -0.118. The first-order valence-electron chi connectivity index (χ1n) is 6.21. The number of nitrogens with two attached hydrogens (primary N) is 1. The van der Waals surface area contributed by atoms with E-state index in [0.717, 1.165) is 0 Å². The standard InChI is InChI=1S/C14H21N3O2.ClH/c1-9(2)12(15)13(18)16-11-7-5-10(6-8-11)14(19)17(3)4;/h5-9,12H,15H2,1-4H3,(H,16,18);1H/t12-;/m0./s1. The van der Waals surface area contributed by atoms with E-state index >= 15 is 0 Å². The van der Waals surface area contributed by atoms with Gasteiger partial charge in [0, 0.05) is 25.3 Å². The topological polar surface area (TPSA) is 75.4 Å². The zero-order valence-electron chi connectivity index (χ0n) is 12.2. The number of halogens is 1.